The van der Waals surface area contributed by atoms with Crippen molar-refractivity contribution >= 4 is 5.91 Å². The fraction of sp³-hybridized carbons (Fsp3) is 0.778. The summed E-state index contributed by atoms with van der Waals surface area (Å²) in [6, 6.07) is 0. The maximum Gasteiger partial charge on any atom is 0.224 e. The van der Waals surface area contributed by atoms with Crippen LogP contribution in [0.5, 0.6) is 0 Å². The predicted octanol–water partition coefficient (Wildman–Crippen LogP) is 2.35. The van der Waals surface area contributed by atoms with Crippen molar-refractivity contribution in [1.29, 1.82) is 0 Å². The third kappa shape index (κ3) is 4.14. The Morgan fingerprint density at radius 2 is 1.83 bits per heavy atom. The Hall–Kier alpha value is -1.36. The van der Waals surface area contributed by atoms with Gasteiger partial charge in [-0.3, -0.25) is 9.48 Å². The monoisotopic (exact) mass is 320 g/mol. The Morgan fingerprint density at radius 1 is 1.22 bits per heavy atom. The van der Waals surface area contributed by atoms with E-state index in [9.17, 15) is 4.79 Å². The van der Waals surface area contributed by atoms with Crippen LogP contribution in [0.4, 0.5) is 0 Å². The number of likely N-dealkylation sites (N-methyl/N-ethyl adjacent to an activating group) is 1. The third-order valence-electron chi connectivity index (χ3n) is 5.59. The number of carbonyl (C=O) groups is 1. The summed E-state index contributed by atoms with van der Waals surface area (Å²) in [5.74, 6) is 0.106. The molecule has 0 aromatic carbocycles. The van der Waals surface area contributed by atoms with Gasteiger partial charge in [-0.05, 0) is 40.8 Å². The van der Waals surface area contributed by atoms with Gasteiger partial charge in [0.25, 0.3) is 0 Å². The van der Waals surface area contributed by atoms with Gasteiger partial charge in [-0.15, -0.1) is 0 Å². The molecule has 1 aliphatic rings. The van der Waals surface area contributed by atoms with Gasteiger partial charge in [-0.1, -0.05) is 25.7 Å². The molecule has 23 heavy (non-hydrogen) atoms. The van der Waals surface area contributed by atoms with E-state index < -0.39 is 0 Å². The second kappa shape index (κ2) is 7.47. The average Bonchev–Trinajstić information content (AvgIpc) is 2.71. The van der Waals surface area contributed by atoms with Gasteiger partial charge in [0.1, 0.15) is 0 Å². The van der Waals surface area contributed by atoms with Crippen molar-refractivity contribution in [1.82, 2.24) is 20.0 Å². The number of amides is 1. The smallest absolute Gasteiger partial charge is 0.224 e. The van der Waals surface area contributed by atoms with Crippen molar-refractivity contribution in [2.45, 2.75) is 64.3 Å². The minimum atomic E-state index is 0.106. The second-order valence-corrected chi connectivity index (χ2v) is 7.26. The lowest BCUT2D eigenvalue weighted by Crippen LogP contribution is -2.52. The molecule has 1 fully saturated rings. The highest BCUT2D eigenvalue weighted by Gasteiger charge is 2.33. The van der Waals surface area contributed by atoms with E-state index in [1.165, 1.54) is 38.5 Å². The van der Waals surface area contributed by atoms with E-state index in [0.29, 0.717) is 6.42 Å². The number of aryl methyl sites for hydroxylation is 2. The predicted molar refractivity (Wildman–Crippen MR) is 93.5 cm³/mol. The zero-order valence-corrected chi connectivity index (χ0v) is 15.4. The number of aromatic nitrogens is 2. The molecule has 1 aliphatic carbocycles. The summed E-state index contributed by atoms with van der Waals surface area (Å²) in [4.78, 5) is 14.8. The van der Waals surface area contributed by atoms with E-state index in [-0.39, 0.29) is 11.4 Å². The second-order valence-electron chi connectivity index (χ2n) is 7.26. The standard InChI is InChI=1S/C18H32N4O/c1-14-16(15(2)22(5)20-14)12-17(23)19-13-18(21(3)4)10-8-6-7-9-11-18/h6-13H2,1-5H3,(H,19,23). The van der Waals surface area contributed by atoms with Crippen LogP contribution < -0.4 is 5.32 Å². The molecule has 5 heteroatoms. The Morgan fingerprint density at radius 3 is 2.30 bits per heavy atom. The molecule has 1 saturated carbocycles. The van der Waals surface area contributed by atoms with E-state index >= 15 is 0 Å². The molecule has 1 aromatic heterocycles. The van der Waals surface area contributed by atoms with Gasteiger partial charge in [0, 0.05) is 30.4 Å². The lowest BCUT2D eigenvalue weighted by molar-refractivity contribution is -0.121. The van der Waals surface area contributed by atoms with E-state index in [4.69, 9.17) is 0 Å². The highest BCUT2D eigenvalue weighted by Crippen LogP contribution is 2.30. The van der Waals surface area contributed by atoms with E-state index in [1.54, 1.807) is 0 Å². The van der Waals surface area contributed by atoms with Gasteiger partial charge in [-0.25, -0.2) is 0 Å². The van der Waals surface area contributed by atoms with Crippen molar-refractivity contribution in [2.75, 3.05) is 20.6 Å². The molecule has 130 valence electrons. The van der Waals surface area contributed by atoms with Crippen LogP contribution in [0.25, 0.3) is 0 Å². The lowest BCUT2D eigenvalue weighted by atomic mass is 9.88. The molecule has 5 nitrogen and oxygen atoms in total. The maximum absolute atomic E-state index is 12.5. The first-order valence-corrected chi connectivity index (χ1v) is 8.79. The summed E-state index contributed by atoms with van der Waals surface area (Å²) in [5.41, 5.74) is 3.21. The maximum atomic E-state index is 12.5. The zero-order chi connectivity index (χ0) is 17.0. The quantitative estimate of drug-likeness (QED) is 0.847. The topological polar surface area (TPSA) is 50.2 Å². The number of hydrogen-bond acceptors (Lipinski definition) is 3. The molecule has 0 radical (unpaired) electrons. The van der Waals surface area contributed by atoms with Crippen LogP contribution in [0.3, 0.4) is 0 Å². The Bertz CT molecular complexity index is 539. The van der Waals surface area contributed by atoms with Crippen LogP contribution in [-0.2, 0) is 18.3 Å². The number of nitrogens with one attached hydrogen (secondary N) is 1. The first kappa shape index (κ1) is 18.0. The van der Waals surface area contributed by atoms with Crippen LogP contribution in [0, 0.1) is 13.8 Å². The van der Waals surface area contributed by atoms with Crippen LogP contribution in [0.15, 0.2) is 0 Å². The molecular formula is C18H32N4O. The van der Waals surface area contributed by atoms with Crippen molar-refractivity contribution < 1.29 is 4.79 Å². The molecule has 1 heterocycles. The van der Waals surface area contributed by atoms with Crippen molar-refractivity contribution in [3.05, 3.63) is 17.0 Å². The van der Waals surface area contributed by atoms with E-state index in [0.717, 1.165) is 23.5 Å². The molecule has 1 N–H and O–H groups in total. The molecule has 0 spiro atoms. The van der Waals surface area contributed by atoms with Crippen molar-refractivity contribution in [2.24, 2.45) is 7.05 Å². The minimum Gasteiger partial charge on any atom is -0.354 e. The summed E-state index contributed by atoms with van der Waals surface area (Å²) in [7, 11) is 6.22. The van der Waals surface area contributed by atoms with E-state index in [2.05, 4.69) is 29.4 Å². The Labute approximate surface area is 140 Å². The highest BCUT2D eigenvalue weighted by molar-refractivity contribution is 5.79. The van der Waals surface area contributed by atoms with Crippen molar-refractivity contribution in [3.63, 3.8) is 0 Å². The molecule has 1 amide bonds. The van der Waals surface area contributed by atoms with Crippen LogP contribution >= 0.6 is 0 Å². The van der Waals surface area contributed by atoms with Gasteiger partial charge >= 0.3 is 0 Å². The average molecular weight is 320 g/mol. The number of nitrogens with zero attached hydrogens (tertiary/aromatic N) is 3. The fourth-order valence-corrected chi connectivity index (χ4v) is 3.73. The van der Waals surface area contributed by atoms with Gasteiger partial charge in [0.2, 0.25) is 5.91 Å². The van der Waals surface area contributed by atoms with Gasteiger partial charge in [0.15, 0.2) is 0 Å². The highest BCUT2D eigenvalue weighted by atomic mass is 16.1. The van der Waals surface area contributed by atoms with Gasteiger partial charge < -0.3 is 10.2 Å². The molecule has 0 bridgehead atoms. The molecule has 1 aromatic rings. The van der Waals surface area contributed by atoms with Crippen LogP contribution in [-0.4, -0.2) is 46.8 Å². The number of hydrogen-bond donors (Lipinski definition) is 1. The minimum absolute atomic E-state index is 0.106. The van der Waals surface area contributed by atoms with Crippen molar-refractivity contribution in [3.8, 4) is 0 Å². The van der Waals surface area contributed by atoms with E-state index in [1.807, 2.05) is 25.6 Å². The number of carbonyl (C=O) groups excluding carboxylic acids is 1. The van der Waals surface area contributed by atoms with Crippen LogP contribution in [0.1, 0.15) is 55.5 Å². The summed E-state index contributed by atoms with van der Waals surface area (Å²) < 4.78 is 1.85. The Kier molecular flexibility index (Phi) is 5.84. The SMILES string of the molecule is Cc1nn(C)c(C)c1CC(=O)NCC1(N(C)C)CCCCCC1. The molecule has 0 saturated heterocycles. The zero-order valence-electron chi connectivity index (χ0n) is 15.4. The number of rotatable bonds is 5. The third-order valence-corrected chi connectivity index (χ3v) is 5.59. The normalized spacial score (nSPS) is 18.0. The van der Waals surface area contributed by atoms with Gasteiger partial charge in [-0.2, -0.15) is 5.10 Å². The molecule has 0 unspecified atom stereocenters. The summed E-state index contributed by atoms with van der Waals surface area (Å²) in [6.45, 7) is 4.74. The molecule has 0 atom stereocenters. The molecular weight excluding hydrogens is 288 g/mol. The largest absolute Gasteiger partial charge is 0.354 e. The molecule has 0 aliphatic heterocycles. The fourth-order valence-electron chi connectivity index (χ4n) is 3.73. The van der Waals surface area contributed by atoms with Gasteiger partial charge in [0.05, 0.1) is 12.1 Å². The summed E-state index contributed by atoms with van der Waals surface area (Å²) in [6.07, 6.45) is 7.92. The lowest BCUT2D eigenvalue weighted by Gasteiger charge is -2.39. The summed E-state index contributed by atoms with van der Waals surface area (Å²) >= 11 is 0. The first-order valence-electron chi connectivity index (χ1n) is 8.79. The molecule has 2 rings (SSSR count). The van der Waals surface area contributed by atoms with Crippen LogP contribution in [0.2, 0.25) is 0 Å². The first-order chi connectivity index (χ1) is 10.9. The Balaban J connectivity index is 1.99. The summed E-state index contributed by atoms with van der Waals surface area (Å²) in [5, 5.41) is 7.59.